The molecule has 0 spiro atoms. The fourth-order valence-electron chi connectivity index (χ4n) is 4.24. The van der Waals surface area contributed by atoms with E-state index in [0.29, 0.717) is 19.5 Å². The van der Waals surface area contributed by atoms with Crippen molar-refractivity contribution in [2.45, 2.75) is 50.0 Å². The molecule has 25 heavy (non-hydrogen) atoms. The van der Waals surface area contributed by atoms with E-state index in [9.17, 15) is 9.90 Å². The van der Waals surface area contributed by atoms with E-state index in [1.54, 1.807) is 14.2 Å². The summed E-state index contributed by atoms with van der Waals surface area (Å²) in [6.07, 6.45) is 2.92. The number of para-hydroxylation sites is 1. The lowest BCUT2D eigenvalue weighted by Gasteiger charge is -2.42. The maximum atomic E-state index is 12.4. The van der Waals surface area contributed by atoms with Gasteiger partial charge in [-0.15, -0.1) is 0 Å². The Bertz CT molecular complexity index is 609. The molecule has 1 aromatic carbocycles. The maximum Gasteiger partial charge on any atom is 0.234 e. The molecule has 6 heteroatoms. The number of carbonyl (C=O) groups excluding carboxylic acids is 1. The molecule has 2 fully saturated rings. The Labute approximate surface area is 149 Å². The molecule has 1 aliphatic carbocycles. The van der Waals surface area contributed by atoms with Crippen molar-refractivity contribution in [3.63, 3.8) is 0 Å². The van der Waals surface area contributed by atoms with Gasteiger partial charge in [0.25, 0.3) is 0 Å². The largest absolute Gasteiger partial charge is 0.496 e. The van der Waals surface area contributed by atoms with Crippen molar-refractivity contribution in [3.05, 3.63) is 29.8 Å². The van der Waals surface area contributed by atoms with Gasteiger partial charge in [0.2, 0.25) is 5.91 Å². The average molecular weight is 348 g/mol. The number of nitrogens with zero attached hydrogens (tertiary/aromatic N) is 1. The highest BCUT2D eigenvalue weighted by Gasteiger charge is 2.50. The lowest BCUT2D eigenvalue weighted by molar-refractivity contribution is -0.125. The van der Waals surface area contributed by atoms with E-state index >= 15 is 0 Å². The summed E-state index contributed by atoms with van der Waals surface area (Å²) in [4.78, 5) is 14.6. The monoisotopic (exact) mass is 348 g/mol. The van der Waals surface area contributed by atoms with Gasteiger partial charge < -0.3 is 19.9 Å². The first-order chi connectivity index (χ1) is 12.1. The zero-order chi connectivity index (χ0) is 17.9. The van der Waals surface area contributed by atoms with Crippen LogP contribution >= 0.6 is 0 Å². The van der Waals surface area contributed by atoms with Gasteiger partial charge in [-0.2, -0.15) is 0 Å². The van der Waals surface area contributed by atoms with E-state index in [2.05, 4.69) is 10.2 Å². The van der Waals surface area contributed by atoms with E-state index in [1.165, 1.54) is 0 Å². The van der Waals surface area contributed by atoms with Gasteiger partial charge in [-0.1, -0.05) is 18.2 Å². The second-order valence-electron chi connectivity index (χ2n) is 7.02. The van der Waals surface area contributed by atoms with Crippen molar-refractivity contribution in [1.82, 2.24) is 10.2 Å². The molecule has 1 saturated carbocycles. The third-order valence-electron chi connectivity index (χ3n) is 5.69. The Morgan fingerprint density at radius 1 is 1.36 bits per heavy atom. The molecular formula is C19H28N2O4. The van der Waals surface area contributed by atoms with E-state index < -0.39 is 0 Å². The number of methoxy groups -OCH3 is 2. The number of hydrogen-bond donors (Lipinski definition) is 2. The quantitative estimate of drug-likeness (QED) is 0.811. The Hall–Kier alpha value is -1.63. The topological polar surface area (TPSA) is 71.0 Å². The molecule has 3 rings (SSSR count). The van der Waals surface area contributed by atoms with Gasteiger partial charge in [-0.05, 0) is 31.7 Å². The molecule has 2 aliphatic rings. The number of benzene rings is 1. The minimum atomic E-state index is -0.300. The van der Waals surface area contributed by atoms with Gasteiger partial charge in [-0.3, -0.25) is 9.69 Å². The predicted octanol–water partition coefficient (Wildman–Crippen LogP) is 1.32. The SMILES string of the molecule is COc1ccccc1CNC(=O)CN1CC[C@]2(OC)CC[C@H](O)C[C@H]12. The number of carbonyl (C=O) groups is 1. The first-order valence-corrected chi connectivity index (χ1v) is 8.94. The zero-order valence-electron chi connectivity index (χ0n) is 15.0. The summed E-state index contributed by atoms with van der Waals surface area (Å²) in [5.74, 6) is 0.760. The molecule has 1 aromatic rings. The van der Waals surface area contributed by atoms with Crippen LogP contribution in [0.2, 0.25) is 0 Å². The van der Waals surface area contributed by atoms with E-state index in [-0.39, 0.29) is 23.7 Å². The smallest absolute Gasteiger partial charge is 0.234 e. The fourth-order valence-corrected chi connectivity index (χ4v) is 4.24. The number of amides is 1. The minimum absolute atomic E-state index is 0.0159. The Kier molecular flexibility index (Phi) is 5.61. The number of aliphatic hydroxyl groups excluding tert-OH is 1. The third kappa shape index (κ3) is 3.81. The van der Waals surface area contributed by atoms with Crippen molar-refractivity contribution in [2.24, 2.45) is 0 Å². The lowest BCUT2D eigenvalue weighted by atomic mass is 9.79. The highest BCUT2D eigenvalue weighted by Crippen LogP contribution is 2.42. The summed E-state index contributed by atoms with van der Waals surface area (Å²) in [5, 5.41) is 13.0. The number of hydrogen-bond acceptors (Lipinski definition) is 5. The number of rotatable bonds is 6. The second-order valence-corrected chi connectivity index (χ2v) is 7.02. The molecule has 1 amide bonds. The van der Waals surface area contributed by atoms with Gasteiger partial charge in [0.05, 0.1) is 25.4 Å². The summed E-state index contributed by atoms with van der Waals surface area (Å²) >= 11 is 0. The number of ether oxygens (including phenoxy) is 2. The fraction of sp³-hybridized carbons (Fsp3) is 0.632. The Morgan fingerprint density at radius 3 is 2.92 bits per heavy atom. The van der Waals surface area contributed by atoms with E-state index in [4.69, 9.17) is 9.47 Å². The molecule has 0 bridgehead atoms. The molecule has 2 N–H and O–H groups in total. The Balaban J connectivity index is 1.57. The second kappa shape index (κ2) is 7.72. The highest BCUT2D eigenvalue weighted by atomic mass is 16.5. The molecule has 138 valence electrons. The number of fused-ring (bicyclic) bond motifs is 1. The predicted molar refractivity (Wildman–Crippen MR) is 94.4 cm³/mol. The van der Waals surface area contributed by atoms with Crippen LogP contribution in [0.5, 0.6) is 5.75 Å². The number of aliphatic hydroxyl groups is 1. The van der Waals surface area contributed by atoms with Crippen LogP contribution in [0.15, 0.2) is 24.3 Å². The van der Waals surface area contributed by atoms with Crippen LogP contribution in [0.1, 0.15) is 31.2 Å². The molecule has 0 radical (unpaired) electrons. The standard InChI is InChI=1S/C19H28N2O4/c1-24-16-6-4-3-5-14(16)12-20-18(23)13-21-10-9-19(25-2)8-7-15(22)11-17(19)21/h3-6,15,17,22H,7-13H2,1-2H3,(H,20,23)/t15-,17-,19+/m0/s1. The molecule has 1 heterocycles. The van der Waals surface area contributed by atoms with Gasteiger partial charge in [-0.25, -0.2) is 0 Å². The summed E-state index contributed by atoms with van der Waals surface area (Å²) in [5.41, 5.74) is 0.751. The maximum absolute atomic E-state index is 12.4. The van der Waals surface area contributed by atoms with E-state index in [1.807, 2.05) is 24.3 Å². The van der Waals surface area contributed by atoms with Crippen molar-refractivity contribution >= 4 is 5.91 Å². The van der Waals surface area contributed by atoms with Crippen molar-refractivity contribution < 1.29 is 19.4 Å². The normalized spacial score (nSPS) is 29.2. The molecule has 1 saturated heterocycles. The van der Waals surface area contributed by atoms with Crippen LogP contribution < -0.4 is 10.1 Å². The minimum Gasteiger partial charge on any atom is -0.496 e. The molecular weight excluding hydrogens is 320 g/mol. The average Bonchev–Trinajstić information content (AvgIpc) is 2.98. The summed E-state index contributed by atoms with van der Waals surface area (Å²) in [6.45, 7) is 1.60. The van der Waals surface area contributed by atoms with Crippen molar-refractivity contribution in [2.75, 3.05) is 27.3 Å². The number of nitrogens with one attached hydrogen (secondary N) is 1. The Morgan fingerprint density at radius 2 is 2.16 bits per heavy atom. The summed E-state index contributed by atoms with van der Waals surface area (Å²) < 4.78 is 11.1. The van der Waals surface area contributed by atoms with Crippen LogP contribution in [0.25, 0.3) is 0 Å². The third-order valence-corrected chi connectivity index (χ3v) is 5.69. The number of likely N-dealkylation sites (tertiary alicyclic amines) is 1. The van der Waals surface area contributed by atoms with Gasteiger partial charge in [0.1, 0.15) is 5.75 Å². The van der Waals surface area contributed by atoms with Gasteiger partial charge in [0, 0.05) is 31.8 Å². The molecule has 6 nitrogen and oxygen atoms in total. The van der Waals surface area contributed by atoms with Crippen LogP contribution in [0, 0.1) is 0 Å². The molecule has 0 unspecified atom stereocenters. The van der Waals surface area contributed by atoms with Gasteiger partial charge in [0.15, 0.2) is 0 Å². The summed E-state index contributed by atoms with van der Waals surface area (Å²) in [6, 6.07) is 7.78. The molecule has 3 atom stereocenters. The molecule has 1 aliphatic heterocycles. The first-order valence-electron chi connectivity index (χ1n) is 8.94. The van der Waals surface area contributed by atoms with E-state index in [0.717, 1.165) is 37.1 Å². The van der Waals surface area contributed by atoms with Crippen molar-refractivity contribution in [3.8, 4) is 5.75 Å². The lowest BCUT2D eigenvalue weighted by Crippen LogP contribution is -2.53. The summed E-state index contributed by atoms with van der Waals surface area (Å²) in [7, 11) is 3.37. The van der Waals surface area contributed by atoms with Crippen LogP contribution in [0.4, 0.5) is 0 Å². The highest BCUT2D eigenvalue weighted by molar-refractivity contribution is 5.78. The van der Waals surface area contributed by atoms with Gasteiger partial charge >= 0.3 is 0 Å². The van der Waals surface area contributed by atoms with Crippen LogP contribution in [0.3, 0.4) is 0 Å². The molecule has 0 aromatic heterocycles. The first kappa shape index (κ1) is 18.2. The van der Waals surface area contributed by atoms with Crippen LogP contribution in [-0.4, -0.2) is 61.0 Å². The van der Waals surface area contributed by atoms with Crippen molar-refractivity contribution in [1.29, 1.82) is 0 Å². The van der Waals surface area contributed by atoms with Crippen LogP contribution in [-0.2, 0) is 16.1 Å². The zero-order valence-corrected chi connectivity index (χ0v) is 15.0.